The lowest BCUT2D eigenvalue weighted by molar-refractivity contribution is -0.120. The molecule has 0 spiro atoms. The standard InChI is InChI=1S/C14H14ClN3O3/c1-8-11(13(20)18-14(21)17-8)6-12(19)16-7-9-2-4-10(15)5-3-9/h2-5H,6-7H2,1H3,(H,16,19)(H2,17,18,20,21). The van der Waals surface area contributed by atoms with Crippen LogP contribution in [0.4, 0.5) is 0 Å². The third kappa shape index (κ3) is 4.06. The van der Waals surface area contributed by atoms with Gasteiger partial charge in [0.05, 0.1) is 6.42 Å². The second kappa shape index (κ2) is 6.41. The molecular weight excluding hydrogens is 294 g/mol. The minimum absolute atomic E-state index is 0.0917. The van der Waals surface area contributed by atoms with Crippen LogP contribution >= 0.6 is 11.6 Å². The molecule has 2 aromatic rings. The number of carbonyl (C=O) groups is 1. The molecule has 0 saturated heterocycles. The van der Waals surface area contributed by atoms with E-state index in [9.17, 15) is 14.4 Å². The highest BCUT2D eigenvalue weighted by Gasteiger charge is 2.11. The number of aromatic amines is 2. The van der Waals surface area contributed by atoms with Crippen molar-refractivity contribution in [1.82, 2.24) is 15.3 Å². The zero-order chi connectivity index (χ0) is 15.4. The monoisotopic (exact) mass is 307 g/mol. The summed E-state index contributed by atoms with van der Waals surface area (Å²) in [5, 5.41) is 3.33. The predicted octanol–water partition coefficient (Wildman–Crippen LogP) is 0.884. The average Bonchev–Trinajstić information content (AvgIpc) is 2.42. The van der Waals surface area contributed by atoms with E-state index < -0.39 is 11.2 Å². The Balaban J connectivity index is 2.01. The van der Waals surface area contributed by atoms with Gasteiger partial charge in [-0.3, -0.25) is 14.6 Å². The summed E-state index contributed by atoms with van der Waals surface area (Å²) in [6.45, 7) is 1.93. The number of H-pyrrole nitrogens is 2. The first-order chi connectivity index (χ1) is 9.95. The van der Waals surface area contributed by atoms with E-state index >= 15 is 0 Å². The van der Waals surface area contributed by atoms with Gasteiger partial charge in [-0.25, -0.2) is 4.79 Å². The van der Waals surface area contributed by atoms with Gasteiger partial charge < -0.3 is 10.3 Å². The maximum absolute atomic E-state index is 11.9. The van der Waals surface area contributed by atoms with Crippen molar-refractivity contribution in [3.63, 3.8) is 0 Å². The topological polar surface area (TPSA) is 94.8 Å². The van der Waals surface area contributed by atoms with E-state index in [2.05, 4.69) is 15.3 Å². The van der Waals surface area contributed by atoms with Gasteiger partial charge in [-0.2, -0.15) is 0 Å². The Labute approximate surface area is 125 Å². The molecule has 0 aliphatic carbocycles. The smallest absolute Gasteiger partial charge is 0.325 e. The van der Waals surface area contributed by atoms with Gasteiger partial charge in [0.25, 0.3) is 5.56 Å². The van der Waals surface area contributed by atoms with E-state index in [1.165, 1.54) is 0 Å². The molecule has 3 N–H and O–H groups in total. The molecule has 0 atom stereocenters. The Bertz CT molecular complexity index is 762. The molecule has 0 bridgehead atoms. The lowest BCUT2D eigenvalue weighted by Gasteiger charge is -2.06. The minimum Gasteiger partial charge on any atom is -0.352 e. The number of aryl methyl sites for hydroxylation is 1. The lowest BCUT2D eigenvalue weighted by atomic mass is 10.1. The molecular formula is C14H14ClN3O3. The van der Waals surface area contributed by atoms with Gasteiger partial charge in [-0.1, -0.05) is 23.7 Å². The van der Waals surface area contributed by atoms with Crippen molar-refractivity contribution < 1.29 is 4.79 Å². The van der Waals surface area contributed by atoms with E-state index in [-0.39, 0.29) is 17.9 Å². The number of halogens is 1. The fourth-order valence-corrected chi connectivity index (χ4v) is 1.99. The average molecular weight is 308 g/mol. The van der Waals surface area contributed by atoms with Crippen molar-refractivity contribution in [3.8, 4) is 0 Å². The van der Waals surface area contributed by atoms with Crippen LogP contribution < -0.4 is 16.6 Å². The van der Waals surface area contributed by atoms with Crippen LogP contribution in [0.5, 0.6) is 0 Å². The van der Waals surface area contributed by atoms with Gasteiger partial charge in [0, 0.05) is 22.8 Å². The fourth-order valence-electron chi connectivity index (χ4n) is 1.86. The number of hydrogen-bond donors (Lipinski definition) is 3. The maximum Gasteiger partial charge on any atom is 0.325 e. The number of carbonyl (C=O) groups excluding carboxylic acids is 1. The van der Waals surface area contributed by atoms with Crippen molar-refractivity contribution >= 4 is 17.5 Å². The molecule has 21 heavy (non-hydrogen) atoms. The zero-order valence-electron chi connectivity index (χ0n) is 11.3. The third-order valence-electron chi connectivity index (χ3n) is 3.00. The third-order valence-corrected chi connectivity index (χ3v) is 3.25. The Hall–Kier alpha value is -2.34. The normalized spacial score (nSPS) is 10.4. The number of nitrogens with one attached hydrogen (secondary N) is 3. The van der Waals surface area contributed by atoms with Crippen LogP contribution in [-0.2, 0) is 17.8 Å². The molecule has 6 nitrogen and oxygen atoms in total. The number of amides is 1. The van der Waals surface area contributed by atoms with E-state index in [1.54, 1.807) is 31.2 Å². The number of aromatic nitrogens is 2. The Morgan fingerprint density at radius 1 is 1.19 bits per heavy atom. The molecule has 1 heterocycles. The van der Waals surface area contributed by atoms with Crippen LogP contribution in [0.2, 0.25) is 5.02 Å². The summed E-state index contributed by atoms with van der Waals surface area (Å²) >= 11 is 5.77. The van der Waals surface area contributed by atoms with Crippen LogP contribution in [0.25, 0.3) is 0 Å². The Morgan fingerprint density at radius 3 is 2.48 bits per heavy atom. The molecule has 0 aliphatic rings. The van der Waals surface area contributed by atoms with Gasteiger partial charge in [0.1, 0.15) is 0 Å². The molecule has 110 valence electrons. The van der Waals surface area contributed by atoms with Crippen LogP contribution in [0, 0.1) is 6.92 Å². The number of hydrogen-bond acceptors (Lipinski definition) is 3. The molecule has 0 radical (unpaired) electrons. The Morgan fingerprint density at radius 2 is 1.86 bits per heavy atom. The minimum atomic E-state index is -0.581. The molecule has 0 unspecified atom stereocenters. The molecule has 0 aliphatic heterocycles. The molecule has 0 saturated carbocycles. The molecule has 1 amide bonds. The SMILES string of the molecule is Cc1[nH]c(=O)[nH]c(=O)c1CC(=O)NCc1ccc(Cl)cc1. The first-order valence-electron chi connectivity index (χ1n) is 6.29. The Kier molecular flexibility index (Phi) is 4.59. The molecule has 7 heteroatoms. The van der Waals surface area contributed by atoms with Crippen molar-refractivity contribution in [2.75, 3.05) is 0 Å². The highest BCUT2D eigenvalue weighted by molar-refractivity contribution is 6.30. The number of rotatable bonds is 4. The van der Waals surface area contributed by atoms with Crippen molar-refractivity contribution in [2.45, 2.75) is 19.9 Å². The second-order valence-corrected chi connectivity index (χ2v) is 5.03. The summed E-state index contributed by atoms with van der Waals surface area (Å²) in [6.07, 6.45) is -0.0917. The van der Waals surface area contributed by atoms with E-state index in [0.29, 0.717) is 17.3 Å². The van der Waals surface area contributed by atoms with Crippen LogP contribution in [0.15, 0.2) is 33.9 Å². The summed E-state index contributed by atoms with van der Waals surface area (Å²) < 4.78 is 0. The van der Waals surface area contributed by atoms with Crippen LogP contribution in [0.3, 0.4) is 0 Å². The van der Waals surface area contributed by atoms with Gasteiger partial charge in [0.2, 0.25) is 5.91 Å². The zero-order valence-corrected chi connectivity index (χ0v) is 12.1. The largest absolute Gasteiger partial charge is 0.352 e. The highest BCUT2D eigenvalue weighted by Crippen LogP contribution is 2.09. The summed E-state index contributed by atoms with van der Waals surface area (Å²) in [6, 6.07) is 7.08. The molecule has 1 aromatic carbocycles. The fraction of sp³-hybridized carbons (Fsp3) is 0.214. The van der Waals surface area contributed by atoms with Crippen molar-refractivity contribution in [3.05, 3.63) is 66.9 Å². The first kappa shape index (κ1) is 15.1. The van der Waals surface area contributed by atoms with E-state index in [0.717, 1.165) is 5.56 Å². The van der Waals surface area contributed by atoms with Gasteiger partial charge in [0.15, 0.2) is 0 Å². The predicted molar refractivity (Wildman–Crippen MR) is 79.4 cm³/mol. The van der Waals surface area contributed by atoms with Crippen LogP contribution in [-0.4, -0.2) is 15.9 Å². The maximum atomic E-state index is 11.9. The van der Waals surface area contributed by atoms with Gasteiger partial charge in [-0.05, 0) is 24.6 Å². The van der Waals surface area contributed by atoms with Crippen molar-refractivity contribution in [1.29, 1.82) is 0 Å². The van der Waals surface area contributed by atoms with E-state index in [1.807, 2.05) is 0 Å². The summed E-state index contributed by atoms with van der Waals surface area (Å²) in [4.78, 5) is 39.1. The summed E-state index contributed by atoms with van der Waals surface area (Å²) in [5.41, 5.74) is 0.425. The quantitative estimate of drug-likeness (QED) is 0.782. The van der Waals surface area contributed by atoms with E-state index in [4.69, 9.17) is 11.6 Å². The summed E-state index contributed by atoms with van der Waals surface area (Å²) in [7, 11) is 0. The van der Waals surface area contributed by atoms with Gasteiger partial charge >= 0.3 is 5.69 Å². The molecule has 2 rings (SSSR count). The van der Waals surface area contributed by atoms with Gasteiger partial charge in [-0.15, -0.1) is 0 Å². The van der Waals surface area contributed by atoms with Crippen LogP contribution in [0.1, 0.15) is 16.8 Å². The molecule has 0 fully saturated rings. The molecule has 1 aromatic heterocycles. The summed E-state index contributed by atoms with van der Waals surface area (Å²) in [5.74, 6) is -0.300. The van der Waals surface area contributed by atoms with Crippen molar-refractivity contribution in [2.24, 2.45) is 0 Å². The number of benzene rings is 1. The highest BCUT2D eigenvalue weighted by atomic mass is 35.5. The lowest BCUT2D eigenvalue weighted by Crippen LogP contribution is -2.32. The second-order valence-electron chi connectivity index (χ2n) is 4.59. The first-order valence-corrected chi connectivity index (χ1v) is 6.66.